The van der Waals surface area contributed by atoms with E-state index in [0.29, 0.717) is 16.9 Å². The van der Waals surface area contributed by atoms with Crippen molar-refractivity contribution in [3.05, 3.63) is 51.6 Å². The second-order valence-electron chi connectivity index (χ2n) is 3.77. The molecule has 0 atom stereocenters. The number of primary amides is 1. The average Bonchev–Trinajstić information content (AvgIpc) is 2.34. The van der Waals surface area contributed by atoms with Crippen molar-refractivity contribution >= 4 is 45.6 Å². The number of carbonyl (C=O) groups excluding carboxylic acids is 1. The van der Waals surface area contributed by atoms with Crippen LogP contribution in [0, 0.1) is 3.57 Å². The zero-order valence-corrected chi connectivity index (χ0v) is 11.6. The number of carbonyl (C=O) groups is 1. The van der Waals surface area contributed by atoms with E-state index in [-0.39, 0.29) is 0 Å². The second kappa shape index (κ2) is 5.26. The van der Waals surface area contributed by atoms with Crippen molar-refractivity contribution in [1.82, 2.24) is 0 Å². The molecule has 0 bridgehead atoms. The minimum absolute atomic E-state index is 0.383. The van der Waals surface area contributed by atoms with Crippen LogP contribution in [0.15, 0.2) is 42.5 Å². The zero-order valence-electron chi connectivity index (χ0n) is 9.48. The monoisotopic (exact) mass is 353 g/mol. The Morgan fingerprint density at radius 3 is 2.39 bits per heavy atom. The van der Waals surface area contributed by atoms with Crippen molar-refractivity contribution in [2.24, 2.45) is 5.73 Å². The number of hydrogen-bond acceptors (Lipinski definition) is 3. The molecule has 0 aliphatic heterocycles. The van der Waals surface area contributed by atoms with Crippen LogP contribution in [0.4, 0.5) is 17.1 Å². The average molecular weight is 353 g/mol. The number of para-hydroxylation sites is 1. The fraction of sp³-hybridized carbons (Fsp3) is 0. The molecule has 5 heteroatoms. The number of nitrogen functional groups attached to an aromatic ring is 1. The van der Waals surface area contributed by atoms with Gasteiger partial charge >= 0.3 is 0 Å². The smallest absolute Gasteiger partial charge is 0.250 e. The van der Waals surface area contributed by atoms with Crippen LogP contribution in [0.1, 0.15) is 10.4 Å². The highest BCUT2D eigenvalue weighted by Crippen LogP contribution is 2.27. The van der Waals surface area contributed by atoms with E-state index in [4.69, 9.17) is 11.5 Å². The lowest BCUT2D eigenvalue weighted by Crippen LogP contribution is -2.14. The van der Waals surface area contributed by atoms with Crippen LogP contribution in [0.2, 0.25) is 0 Å². The zero-order chi connectivity index (χ0) is 13.1. The third-order valence-electron chi connectivity index (χ3n) is 2.48. The first-order chi connectivity index (χ1) is 8.58. The molecular weight excluding hydrogens is 341 g/mol. The summed E-state index contributed by atoms with van der Waals surface area (Å²) in [4.78, 5) is 11.3. The topological polar surface area (TPSA) is 81.1 Å². The Morgan fingerprint density at radius 2 is 1.78 bits per heavy atom. The van der Waals surface area contributed by atoms with Gasteiger partial charge in [0.05, 0.1) is 16.9 Å². The Labute approximate surface area is 119 Å². The molecule has 2 aromatic rings. The van der Waals surface area contributed by atoms with Gasteiger partial charge in [0.25, 0.3) is 5.91 Å². The Kier molecular flexibility index (Phi) is 3.71. The number of rotatable bonds is 3. The molecule has 0 aliphatic carbocycles. The number of benzene rings is 2. The highest BCUT2D eigenvalue weighted by Gasteiger charge is 2.10. The van der Waals surface area contributed by atoms with Crippen molar-refractivity contribution in [2.75, 3.05) is 11.1 Å². The predicted octanol–water partition coefficient (Wildman–Crippen LogP) is 2.72. The summed E-state index contributed by atoms with van der Waals surface area (Å²) < 4.78 is 1.13. The molecule has 92 valence electrons. The molecule has 0 heterocycles. The summed E-state index contributed by atoms with van der Waals surface area (Å²) in [6.07, 6.45) is 0. The molecule has 5 N–H and O–H groups in total. The van der Waals surface area contributed by atoms with Gasteiger partial charge in [-0.25, -0.2) is 0 Å². The van der Waals surface area contributed by atoms with Crippen molar-refractivity contribution in [3.63, 3.8) is 0 Å². The van der Waals surface area contributed by atoms with Crippen molar-refractivity contribution in [3.8, 4) is 0 Å². The Bertz CT molecular complexity index is 581. The van der Waals surface area contributed by atoms with E-state index >= 15 is 0 Å². The molecule has 0 fully saturated rings. The molecule has 4 nitrogen and oxygen atoms in total. The molecule has 2 aromatic carbocycles. The number of halogens is 1. The molecule has 0 aliphatic rings. The van der Waals surface area contributed by atoms with E-state index in [1.54, 1.807) is 18.2 Å². The summed E-state index contributed by atoms with van der Waals surface area (Å²) in [5.74, 6) is -0.504. The van der Waals surface area contributed by atoms with Crippen LogP contribution < -0.4 is 16.8 Å². The first kappa shape index (κ1) is 12.7. The van der Waals surface area contributed by atoms with Gasteiger partial charge in [0.15, 0.2) is 0 Å². The predicted molar refractivity (Wildman–Crippen MR) is 81.8 cm³/mol. The van der Waals surface area contributed by atoms with Crippen LogP contribution in [0.5, 0.6) is 0 Å². The molecule has 0 saturated heterocycles. The Balaban J connectivity index is 2.39. The number of nitrogens with two attached hydrogens (primary N) is 2. The van der Waals surface area contributed by atoms with Crippen LogP contribution >= 0.6 is 22.6 Å². The molecule has 0 unspecified atom stereocenters. The van der Waals surface area contributed by atoms with E-state index < -0.39 is 5.91 Å². The standard InChI is InChI=1S/C13H12IN3O/c14-8-4-6-9(7-5-8)17-12-10(13(16)18)2-1-3-11(12)15/h1-7,17H,15H2,(H2,16,18). The molecule has 18 heavy (non-hydrogen) atoms. The van der Waals surface area contributed by atoms with Gasteiger partial charge in [-0.3, -0.25) is 4.79 Å². The highest BCUT2D eigenvalue weighted by molar-refractivity contribution is 14.1. The molecule has 0 aromatic heterocycles. The first-order valence-electron chi connectivity index (χ1n) is 5.29. The van der Waals surface area contributed by atoms with Crippen LogP contribution in [0.25, 0.3) is 0 Å². The maximum Gasteiger partial charge on any atom is 0.250 e. The Morgan fingerprint density at radius 1 is 1.11 bits per heavy atom. The van der Waals surface area contributed by atoms with Crippen LogP contribution in [-0.4, -0.2) is 5.91 Å². The lowest BCUT2D eigenvalue weighted by molar-refractivity contribution is 0.100. The third kappa shape index (κ3) is 2.73. The maximum atomic E-state index is 11.3. The number of anilines is 3. The third-order valence-corrected chi connectivity index (χ3v) is 3.19. The van der Waals surface area contributed by atoms with Gasteiger partial charge in [-0.2, -0.15) is 0 Å². The highest BCUT2D eigenvalue weighted by atomic mass is 127. The van der Waals surface area contributed by atoms with E-state index in [1.165, 1.54) is 0 Å². The summed E-state index contributed by atoms with van der Waals surface area (Å²) in [5, 5.41) is 3.12. The van der Waals surface area contributed by atoms with Crippen molar-refractivity contribution in [1.29, 1.82) is 0 Å². The van der Waals surface area contributed by atoms with Gasteiger partial charge in [0.2, 0.25) is 0 Å². The quantitative estimate of drug-likeness (QED) is 0.586. The van der Waals surface area contributed by atoms with Crippen molar-refractivity contribution in [2.45, 2.75) is 0 Å². The van der Waals surface area contributed by atoms with Gasteiger partial charge < -0.3 is 16.8 Å². The summed E-state index contributed by atoms with van der Waals surface area (Å²) >= 11 is 2.22. The van der Waals surface area contributed by atoms with Gasteiger partial charge in [0.1, 0.15) is 0 Å². The molecule has 2 rings (SSSR count). The lowest BCUT2D eigenvalue weighted by Gasteiger charge is -2.12. The summed E-state index contributed by atoms with van der Waals surface area (Å²) in [7, 11) is 0. The summed E-state index contributed by atoms with van der Waals surface area (Å²) in [5.41, 5.74) is 13.5. The van der Waals surface area contributed by atoms with Crippen molar-refractivity contribution < 1.29 is 4.79 Å². The molecule has 0 saturated carbocycles. The van der Waals surface area contributed by atoms with Crippen LogP contribution in [0.3, 0.4) is 0 Å². The number of hydrogen-bond donors (Lipinski definition) is 3. The van der Waals surface area contributed by atoms with Crippen LogP contribution in [-0.2, 0) is 0 Å². The largest absolute Gasteiger partial charge is 0.397 e. The Hall–Kier alpha value is -1.76. The normalized spacial score (nSPS) is 10.1. The summed E-state index contributed by atoms with van der Waals surface area (Å²) in [6.45, 7) is 0. The molecule has 0 spiro atoms. The van der Waals surface area contributed by atoms with E-state index in [2.05, 4.69) is 27.9 Å². The van der Waals surface area contributed by atoms with Gasteiger partial charge in [-0.1, -0.05) is 6.07 Å². The van der Waals surface area contributed by atoms with Gasteiger partial charge in [-0.05, 0) is 59.0 Å². The maximum absolute atomic E-state index is 11.3. The van der Waals surface area contributed by atoms with Gasteiger partial charge in [-0.15, -0.1) is 0 Å². The minimum atomic E-state index is -0.504. The molecular formula is C13H12IN3O. The van der Waals surface area contributed by atoms with E-state index in [0.717, 1.165) is 9.26 Å². The van der Waals surface area contributed by atoms with Gasteiger partial charge in [0, 0.05) is 9.26 Å². The number of nitrogens with one attached hydrogen (secondary N) is 1. The first-order valence-corrected chi connectivity index (χ1v) is 6.36. The number of amides is 1. The van der Waals surface area contributed by atoms with E-state index in [9.17, 15) is 4.79 Å². The minimum Gasteiger partial charge on any atom is -0.397 e. The molecule has 1 amide bonds. The van der Waals surface area contributed by atoms with E-state index in [1.807, 2.05) is 24.3 Å². The second-order valence-corrected chi connectivity index (χ2v) is 5.01. The SMILES string of the molecule is NC(=O)c1cccc(N)c1Nc1ccc(I)cc1. The summed E-state index contributed by atoms with van der Waals surface area (Å²) in [6, 6.07) is 12.8. The lowest BCUT2D eigenvalue weighted by atomic mass is 10.1. The fourth-order valence-electron chi connectivity index (χ4n) is 1.59. The fourth-order valence-corrected chi connectivity index (χ4v) is 1.95. The molecule has 0 radical (unpaired) electrons.